The van der Waals surface area contributed by atoms with Crippen molar-refractivity contribution in [2.45, 2.75) is 40.7 Å². The molecule has 2 aromatic carbocycles. The van der Waals surface area contributed by atoms with Crippen molar-refractivity contribution in [1.29, 1.82) is 0 Å². The van der Waals surface area contributed by atoms with E-state index < -0.39 is 6.10 Å². The lowest BCUT2D eigenvalue weighted by Crippen LogP contribution is -2.52. The van der Waals surface area contributed by atoms with Crippen LogP contribution < -0.4 is 9.64 Å². The van der Waals surface area contributed by atoms with Gasteiger partial charge in [0.1, 0.15) is 5.75 Å². The van der Waals surface area contributed by atoms with Crippen molar-refractivity contribution in [3.05, 3.63) is 57.6 Å². The zero-order chi connectivity index (χ0) is 20.4. The largest absolute Gasteiger partial charge is 0.481 e. The molecule has 28 heavy (non-hydrogen) atoms. The Labute approximate surface area is 173 Å². The van der Waals surface area contributed by atoms with Gasteiger partial charge in [0.05, 0.1) is 0 Å². The average molecular weight is 401 g/mol. The number of carbonyl (C=O) groups excluding carboxylic acids is 1. The first kappa shape index (κ1) is 20.5. The van der Waals surface area contributed by atoms with E-state index in [-0.39, 0.29) is 5.91 Å². The van der Waals surface area contributed by atoms with Crippen LogP contribution in [0.2, 0.25) is 5.02 Å². The van der Waals surface area contributed by atoms with Gasteiger partial charge in [-0.3, -0.25) is 4.79 Å². The smallest absolute Gasteiger partial charge is 0.263 e. The van der Waals surface area contributed by atoms with Gasteiger partial charge < -0.3 is 14.5 Å². The van der Waals surface area contributed by atoms with Crippen molar-refractivity contribution in [1.82, 2.24) is 4.90 Å². The predicted octanol–water partition coefficient (Wildman–Crippen LogP) is 4.69. The zero-order valence-corrected chi connectivity index (χ0v) is 18.1. The van der Waals surface area contributed by atoms with Crippen LogP contribution in [0.25, 0.3) is 0 Å². The maximum atomic E-state index is 12.9. The van der Waals surface area contributed by atoms with Crippen LogP contribution >= 0.6 is 11.6 Å². The van der Waals surface area contributed by atoms with Gasteiger partial charge in [-0.2, -0.15) is 0 Å². The van der Waals surface area contributed by atoms with Gasteiger partial charge in [0, 0.05) is 36.9 Å². The summed E-state index contributed by atoms with van der Waals surface area (Å²) in [6.07, 6.45) is -0.521. The Morgan fingerprint density at radius 3 is 2.21 bits per heavy atom. The third kappa shape index (κ3) is 4.27. The molecule has 0 aromatic heterocycles. The summed E-state index contributed by atoms with van der Waals surface area (Å²) < 4.78 is 5.93. The van der Waals surface area contributed by atoms with E-state index in [4.69, 9.17) is 16.3 Å². The lowest BCUT2D eigenvalue weighted by molar-refractivity contribution is -0.138. The van der Waals surface area contributed by atoms with Gasteiger partial charge in [-0.15, -0.1) is 0 Å². The highest BCUT2D eigenvalue weighted by Crippen LogP contribution is 2.27. The van der Waals surface area contributed by atoms with Crippen molar-refractivity contribution in [3.63, 3.8) is 0 Å². The summed E-state index contributed by atoms with van der Waals surface area (Å²) in [5.41, 5.74) is 5.79. The molecule has 1 saturated heterocycles. The Morgan fingerprint density at radius 1 is 1.00 bits per heavy atom. The van der Waals surface area contributed by atoms with Crippen molar-refractivity contribution < 1.29 is 9.53 Å². The molecule has 5 heteroatoms. The van der Waals surface area contributed by atoms with Crippen LogP contribution in [0.15, 0.2) is 30.3 Å². The molecule has 1 aliphatic rings. The maximum absolute atomic E-state index is 12.9. The number of halogens is 1. The maximum Gasteiger partial charge on any atom is 0.263 e. The number of anilines is 1. The Balaban J connectivity index is 1.61. The minimum absolute atomic E-state index is 0.0332. The number of rotatable bonds is 4. The van der Waals surface area contributed by atoms with E-state index >= 15 is 0 Å². The second kappa shape index (κ2) is 8.44. The molecule has 1 heterocycles. The zero-order valence-electron chi connectivity index (χ0n) is 17.4. The summed E-state index contributed by atoms with van der Waals surface area (Å²) in [6.45, 7) is 13.1. The molecule has 150 valence electrons. The minimum atomic E-state index is -0.521. The summed E-state index contributed by atoms with van der Waals surface area (Å²) in [4.78, 5) is 17.1. The van der Waals surface area contributed by atoms with Crippen molar-refractivity contribution in [3.8, 4) is 5.75 Å². The molecule has 0 unspecified atom stereocenters. The lowest BCUT2D eigenvalue weighted by atomic mass is 10.1. The van der Waals surface area contributed by atoms with Crippen LogP contribution in [0.1, 0.15) is 29.2 Å². The first-order valence-corrected chi connectivity index (χ1v) is 10.2. The standard InChI is InChI=1S/C23H29ClN2O2/c1-15-7-6-8-21(18(15)4)25-9-11-26(12-10-25)23(27)19(5)28-20-13-16(2)22(24)17(3)14-20/h6-8,13-14,19H,9-12H2,1-5H3/t19-/m0/s1. The fraction of sp³-hybridized carbons (Fsp3) is 0.435. The Kier molecular flexibility index (Phi) is 6.19. The molecule has 0 radical (unpaired) electrons. The molecule has 2 aromatic rings. The number of piperazine rings is 1. The molecular weight excluding hydrogens is 372 g/mol. The van der Waals surface area contributed by atoms with E-state index in [2.05, 4.69) is 36.9 Å². The van der Waals surface area contributed by atoms with Crippen molar-refractivity contribution in [2.24, 2.45) is 0 Å². The predicted molar refractivity (Wildman–Crippen MR) is 116 cm³/mol. The highest BCUT2D eigenvalue weighted by atomic mass is 35.5. The van der Waals surface area contributed by atoms with Gasteiger partial charge >= 0.3 is 0 Å². The molecule has 1 amide bonds. The highest BCUT2D eigenvalue weighted by molar-refractivity contribution is 6.32. The molecule has 0 bridgehead atoms. The molecular formula is C23H29ClN2O2. The molecule has 0 saturated carbocycles. The summed E-state index contributed by atoms with van der Waals surface area (Å²) >= 11 is 6.22. The fourth-order valence-electron chi connectivity index (χ4n) is 3.73. The molecule has 4 nitrogen and oxygen atoms in total. The fourth-order valence-corrected chi connectivity index (χ4v) is 3.84. The van der Waals surface area contributed by atoms with Crippen molar-refractivity contribution in [2.75, 3.05) is 31.1 Å². The van der Waals surface area contributed by atoms with Gasteiger partial charge in [0.15, 0.2) is 6.10 Å². The van der Waals surface area contributed by atoms with Gasteiger partial charge in [-0.05, 0) is 75.1 Å². The van der Waals surface area contributed by atoms with E-state index in [0.29, 0.717) is 18.8 Å². The van der Waals surface area contributed by atoms with Gasteiger partial charge in [0.25, 0.3) is 5.91 Å². The topological polar surface area (TPSA) is 32.8 Å². The monoisotopic (exact) mass is 400 g/mol. The van der Waals surface area contributed by atoms with Crippen LogP contribution in [0.3, 0.4) is 0 Å². The molecule has 3 rings (SSSR count). The van der Waals surface area contributed by atoms with Crippen molar-refractivity contribution >= 4 is 23.2 Å². The van der Waals surface area contributed by atoms with Crippen LogP contribution in [-0.4, -0.2) is 43.1 Å². The van der Waals surface area contributed by atoms with Gasteiger partial charge in [-0.25, -0.2) is 0 Å². The lowest BCUT2D eigenvalue weighted by Gasteiger charge is -2.38. The van der Waals surface area contributed by atoms with E-state index in [0.717, 1.165) is 29.2 Å². The van der Waals surface area contributed by atoms with Crippen LogP contribution in [0, 0.1) is 27.7 Å². The van der Waals surface area contributed by atoms with E-state index in [1.54, 1.807) is 0 Å². The Bertz CT molecular complexity index is 850. The summed E-state index contributed by atoms with van der Waals surface area (Å²) in [5.74, 6) is 0.722. The highest BCUT2D eigenvalue weighted by Gasteiger charge is 2.27. The van der Waals surface area contributed by atoms with Crippen LogP contribution in [0.5, 0.6) is 5.75 Å². The first-order valence-electron chi connectivity index (χ1n) is 9.81. The van der Waals surface area contributed by atoms with E-state index in [9.17, 15) is 4.79 Å². The second-order valence-electron chi connectivity index (χ2n) is 7.66. The quantitative estimate of drug-likeness (QED) is 0.746. The summed E-state index contributed by atoms with van der Waals surface area (Å²) in [6, 6.07) is 10.2. The van der Waals surface area contributed by atoms with Gasteiger partial charge in [0.2, 0.25) is 0 Å². The van der Waals surface area contributed by atoms with E-state index in [1.165, 1.54) is 16.8 Å². The normalized spacial score (nSPS) is 15.5. The number of hydrogen-bond donors (Lipinski definition) is 0. The molecule has 0 N–H and O–H groups in total. The number of ether oxygens (including phenoxy) is 1. The molecule has 0 spiro atoms. The number of hydrogen-bond acceptors (Lipinski definition) is 3. The molecule has 1 aliphatic heterocycles. The summed E-state index contributed by atoms with van der Waals surface area (Å²) in [5, 5.41) is 0.744. The Morgan fingerprint density at radius 2 is 1.61 bits per heavy atom. The second-order valence-corrected chi connectivity index (χ2v) is 8.04. The Hall–Kier alpha value is -2.20. The van der Waals surface area contributed by atoms with Crippen LogP contribution in [-0.2, 0) is 4.79 Å². The SMILES string of the molecule is Cc1cccc(N2CCN(C(=O)[C@H](C)Oc3cc(C)c(Cl)c(C)c3)CC2)c1C. The average Bonchev–Trinajstić information content (AvgIpc) is 2.67. The number of carbonyl (C=O) groups is 1. The first-order chi connectivity index (χ1) is 13.3. The molecule has 1 atom stereocenters. The minimum Gasteiger partial charge on any atom is -0.481 e. The number of nitrogens with zero attached hydrogens (tertiary/aromatic N) is 2. The summed E-state index contributed by atoms with van der Waals surface area (Å²) in [7, 11) is 0. The number of amides is 1. The molecule has 0 aliphatic carbocycles. The third-order valence-electron chi connectivity index (χ3n) is 5.58. The molecule has 1 fully saturated rings. The van der Waals surface area contributed by atoms with Gasteiger partial charge in [-0.1, -0.05) is 23.7 Å². The number of benzene rings is 2. The van der Waals surface area contributed by atoms with E-state index in [1.807, 2.05) is 37.8 Å². The third-order valence-corrected chi connectivity index (χ3v) is 6.17. The number of aryl methyl sites for hydroxylation is 3. The van der Waals surface area contributed by atoms with Crippen LogP contribution in [0.4, 0.5) is 5.69 Å².